The van der Waals surface area contributed by atoms with E-state index in [2.05, 4.69) is 67.8 Å². The van der Waals surface area contributed by atoms with E-state index in [1.165, 1.54) is 218 Å². The number of aliphatic hydroxyl groups excluding tert-OH is 3. The van der Waals surface area contributed by atoms with E-state index >= 15 is 0 Å². The van der Waals surface area contributed by atoms with E-state index in [9.17, 15) is 20.1 Å². The third-order valence-corrected chi connectivity index (χ3v) is 13.0. The molecule has 65 heavy (non-hydrogen) atoms. The third-order valence-electron chi connectivity index (χ3n) is 13.0. The van der Waals surface area contributed by atoms with E-state index in [-0.39, 0.29) is 18.9 Å². The molecule has 0 rings (SSSR count). The SMILES string of the molecule is CCCCCCC/C=C/CC/C=C/CC/C=C/C(O)C(CO)NC(=O)CC(O)CCCCCCCCCCCCCCCCC/C=C\C/C=C\CCCCCCCCCCCCCCC. The van der Waals surface area contributed by atoms with E-state index in [1.54, 1.807) is 6.08 Å². The van der Waals surface area contributed by atoms with Crippen molar-refractivity contribution in [2.24, 2.45) is 0 Å². The maximum atomic E-state index is 12.5. The number of allylic oxidation sites excluding steroid dienone is 9. The van der Waals surface area contributed by atoms with Crippen molar-refractivity contribution in [3.05, 3.63) is 60.8 Å². The number of carbonyl (C=O) groups excluding carboxylic acids is 1. The molecular weight excluding hydrogens is 799 g/mol. The van der Waals surface area contributed by atoms with Crippen LogP contribution in [0.15, 0.2) is 60.8 Å². The fourth-order valence-electron chi connectivity index (χ4n) is 8.64. The molecule has 380 valence electrons. The summed E-state index contributed by atoms with van der Waals surface area (Å²) in [6, 6.07) is -0.769. The van der Waals surface area contributed by atoms with Crippen LogP contribution in [0.5, 0.6) is 0 Å². The van der Waals surface area contributed by atoms with Crippen molar-refractivity contribution < 1.29 is 20.1 Å². The summed E-state index contributed by atoms with van der Waals surface area (Å²) in [5.74, 6) is -0.329. The van der Waals surface area contributed by atoms with E-state index in [0.717, 1.165) is 44.9 Å². The predicted octanol–water partition coefficient (Wildman–Crippen LogP) is 17.8. The topological polar surface area (TPSA) is 89.8 Å². The Morgan fingerprint density at radius 3 is 1.08 bits per heavy atom. The molecule has 1 amide bonds. The van der Waals surface area contributed by atoms with Gasteiger partial charge in [-0.3, -0.25) is 4.79 Å². The molecule has 0 aliphatic heterocycles. The molecule has 0 fully saturated rings. The molecule has 0 aromatic heterocycles. The lowest BCUT2D eigenvalue weighted by Gasteiger charge is -2.21. The molecule has 5 heteroatoms. The number of hydrogen-bond donors (Lipinski definition) is 4. The Kier molecular flexibility index (Phi) is 53.0. The Morgan fingerprint density at radius 1 is 0.400 bits per heavy atom. The Hall–Kier alpha value is -1.95. The standard InChI is InChI=1S/C60H111NO4/c1-3-5-7-9-11-13-15-17-19-20-21-22-23-24-25-26-27-28-29-30-31-32-33-34-35-36-37-38-40-41-43-45-47-49-51-53-57(63)55-60(65)61-58(56-62)59(64)54-52-50-48-46-44-42-39-18-16-14-12-10-8-6-4-2/h16,18,25-26,28-29,44,46,52,54,57-59,62-64H,3-15,17,19-24,27,30-43,45,47-51,53,55-56H2,1-2H3,(H,61,65)/b18-16+,26-25-,29-28-,46-44+,54-52+. The van der Waals surface area contributed by atoms with Crippen molar-refractivity contribution in [2.45, 2.75) is 308 Å². The number of aliphatic hydroxyl groups is 3. The average Bonchev–Trinajstić information content (AvgIpc) is 3.30. The van der Waals surface area contributed by atoms with Crippen LogP contribution in [0.1, 0.15) is 290 Å². The fourth-order valence-corrected chi connectivity index (χ4v) is 8.64. The third kappa shape index (κ3) is 51.3. The number of carbonyl (C=O) groups is 1. The van der Waals surface area contributed by atoms with Crippen LogP contribution in [0, 0.1) is 0 Å². The van der Waals surface area contributed by atoms with Gasteiger partial charge in [0.25, 0.3) is 0 Å². The zero-order valence-corrected chi connectivity index (χ0v) is 43.4. The molecule has 4 N–H and O–H groups in total. The smallest absolute Gasteiger partial charge is 0.222 e. The molecule has 3 unspecified atom stereocenters. The van der Waals surface area contributed by atoms with Crippen LogP contribution in [0.25, 0.3) is 0 Å². The second-order valence-corrected chi connectivity index (χ2v) is 19.5. The molecule has 0 aromatic carbocycles. The zero-order chi connectivity index (χ0) is 47.2. The highest BCUT2D eigenvalue weighted by Crippen LogP contribution is 2.17. The lowest BCUT2D eigenvalue weighted by Crippen LogP contribution is -2.45. The van der Waals surface area contributed by atoms with Crippen molar-refractivity contribution in [2.75, 3.05) is 6.61 Å². The summed E-state index contributed by atoms with van der Waals surface area (Å²) in [6.07, 6.45) is 74.2. The van der Waals surface area contributed by atoms with E-state index in [0.29, 0.717) is 6.42 Å². The highest BCUT2D eigenvalue weighted by atomic mass is 16.3. The molecule has 0 radical (unpaired) electrons. The lowest BCUT2D eigenvalue weighted by atomic mass is 10.0. The summed E-state index contributed by atoms with van der Waals surface area (Å²) < 4.78 is 0. The minimum absolute atomic E-state index is 0.00130. The van der Waals surface area contributed by atoms with Gasteiger partial charge in [-0.05, 0) is 77.0 Å². The highest BCUT2D eigenvalue weighted by molar-refractivity contribution is 5.76. The van der Waals surface area contributed by atoms with Crippen molar-refractivity contribution in [1.82, 2.24) is 5.32 Å². The Labute approximate surface area is 405 Å². The van der Waals surface area contributed by atoms with Gasteiger partial charge in [-0.25, -0.2) is 0 Å². The second-order valence-electron chi connectivity index (χ2n) is 19.5. The normalized spacial score (nSPS) is 13.7. The molecule has 3 atom stereocenters. The molecule has 5 nitrogen and oxygen atoms in total. The van der Waals surface area contributed by atoms with Gasteiger partial charge in [0.15, 0.2) is 0 Å². The van der Waals surface area contributed by atoms with Gasteiger partial charge in [0.1, 0.15) is 0 Å². The molecule has 0 saturated heterocycles. The number of nitrogens with one attached hydrogen (secondary N) is 1. The molecular formula is C60H111NO4. The van der Waals surface area contributed by atoms with Gasteiger partial charge in [-0.2, -0.15) is 0 Å². The quantitative estimate of drug-likeness (QED) is 0.0362. The summed E-state index contributed by atoms with van der Waals surface area (Å²) in [6.45, 7) is 4.20. The Bertz CT molecular complexity index is 1090. The highest BCUT2D eigenvalue weighted by Gasteiger charge is 2.20. The Balaban J connectivity index is 3.55. The van der Waals surface area contributed by atoms with Gasteiger partial charge < -0.3 is 20.6 Å². The van der Waals surface area contributed by atoms with Crippen molar-refractivity contribution in [3.8, 4) is 0 Å². The van der Waals surface area contributed by atoms with Crippen LogP contribution in [-0.2, 0) is 4.79 Å². The maximum absolute atomic E-state index is 12.5. The minimum Gasteiger partial charge on any atom is -0.394 e. The summed E-state index contributed by atoms with van der Waals surface area (Å²) in [7, 11) is 0. The van der Waals surface area contributed by atoms with Gasteiger partial charge in [-0.15, -0.1) is 0 Å². The molecule has 0 saturated carbocycles. The maximum Gasteiger partial charge on any atom is 0.222 e. The first-order valence-electron chi connectivity index (χ1n) is 28.6. The second kappa shape index (κ2) is 54.7. The van der Waals surface area contributed by atoms with Gasteiger partial charge in [0.2, 0.25) is 5.91 Å². The van der Waals surface area contributed by atoms with E-state index in [1.807, 2.05) is 6.08 Å². The van der Waals surface area contributed by atoms with Gasteiger partial charge in [0.05, 0.1) is 31.3 Å². The molecule has 0 bridgehead atoms. The lowest BCUT2D eigenvalue weighted by molar-refractivity contribution is -0.124. The largest absolute Gasteiger partial charge is 0.394 e. The van der Waals surface area contributed by atoms with Crippen LogP contribution in [0.2, 0.25) is 0 Å². The van der Waals surface area contributed by atoms with Gasteiger partial charge in [-0.1, -0.05) is 267 Å². The number of amides is 1. The predicted molar refractivity (Wildman–Crippen MR) is 287 cm³/mol. The summed E-state index contributed by atoms with van der Waals surface area (Å²) >= 11 is 0. The first kappa shape index (κ1) is 63.0. The van der Waals surface area contributed by atoms with Crippen LogP contribution in [-0.4, -0.2) is 46.1 Å². The fraction of sp³-hybridized carbons (Fsp3) is 0.817. The molecule has 0 aromatic rings. The van der Waals surface area contributed by atoms with Crippen LogP contribution in [0.4, 0.5) is 0 Å². The summed E-state index contributed by atoms with van der Waals surface area (Å²) in [5.41, 5.74) is 0. The van der Waals surface area contributed by atoms with Crippen molar-refractivity contribution >= 4 is 5.91 Å². The Morgan fingerprint density at radius 2 is 0.708 bits per heavy atom. The number of rotatable bonds is 52. The van der Waals surface area contributed by atoms with Gasteiger partial charge >= 0.3 is 0 Å². The summed E-state index contributed by atoms with van der Waals surface area (Å²) in [4.78, 5) is 12.5. The van der Waals surface area contributed by atoms with Gasteiger partial charge in [0, 0.05) is 0 Å². The summed E-state index contributed by atoms with van der Waals surface area (Å²) in [5, 5.41) is 33.3. The molecule has 0 heterocycles. The van der Waals surface area contributed by atoms with Crippen LogP contribution >= 0.6 is 0 Å². The molecule has 0 aliphatic rings. The van der Waals surface area contributed by atoms with E-state index in [4.69, 9.17) is 0 Å². The first-order valence-corrected chi connectivity index (χ1v) is 28.6. The first-order chi connectivity index (χ1) is 32.0. The minimum atomic E-state index is -0.961. The zero-order valence-electron chi connectivity index (χ0n) is 43.4. The van der Waals surface area contributed by atoms with E-state index < -0.39 is 18.2 Å². The number of unbranched alkanes of at least 4 members (excludes halogenated alkanes) is 35. The van der Waals surface area contributed by atoms with Crippen molar-refractivity contribution in [3.63, 3.8) is 0 Å². The number of hydrogen-bond acceptors (Lipinski definition) is 4. The molecule has 0 aliphatic carbocycles. The average molecular weight is 911 g/mol. The monoisotopic (exact) mass is 910 g/mol. The van der Waals surface area contributed by atoms with Crippen LogP contribution < -0.4 is 5.32 Å². The molecule has 0 spiro atoms. The van der Waals surface area contributed by atoms with Crippen molar-refractivity contribution in [1.29, 1.82) is 0 Å². The van der Waals surface area contributed by atoms with Crippen LogP contribution in [0.3, 0.4) is 0 Å².